The third-order valence-electron chi connectivity index (χ3n) is 0. The van der Waals surface area contributed by atoms with E-state index < -0.39 is 92.3 Å². The fourth-order valence-electron chi connectivity index (χ4n) is 0. The summed E-state index contributed by atoms with van der Waals surface area (Å²) in [6, 6.07) is 0. The molecule has 0 bridgehead atoms. The van der Waals surface area contributed by atoms with Gasteiger partial charge in [0.2, 0.25) is 0 Å². The molecule has 0 aromatic heterocycles. The molecule has 0 aromatic rings. The molecule has 0 saturated heterocycles. The minimum atomic E-state index is -1.83. The first kappa shape index (κ1) is 130. The van der Waals surface area contributed by atoms with E-state index in [1.165, 1.54) is 0 Å². The van der Waals surface area contributed by atoms with Gasteiger partial charge in [0, 0.05) is 0 Å². The summed E-state index contributed by atoms with van der Waals surface area (Å²) in [4.78, 5) is 128. The molecule has 45 nitrogen and oxygen atoms in total. The SMILES string of the molecule is O=C(O)O.O=C(O)O.O=C(O)O.O=C(O)O.O=C(O)O.O=C(O)O.O=C(O)O.O=C(O)O.O=C(O)O.O=C(O)O.O=C(O)O.O=C(O)O.O=C(O)O.O=C(O)O.O=C(O)O.[NaH].[NaH].[NaH].[NaH].[NaH]. The molecule has 0 aliphatic rings. The van der Waals surface area contributed by atoms with E-state index in [0.717, 1.165) is 0 Å². The van der Waals surface area contributed by atoms with Gasteiger partial charge in [-0.2, -0.15) is 0 Å². The molecule has 0 aliphatic carbocycles. The summed E-state index contributed by atoms with van der Waals surface area (Å²) in [5, 5.41) is 209. The van der Waals surface area contributed by atoms with Crippen molar-refractivity contribution in [1.82, 2.24) is 0 Å². The second kappa shape index (κ2) is 124. The van der Waals surface area contributed by atoms with E-state index in [2.05, 4.69) is 0 Å². The van der Waals surface area contributed by atoms with Crippen LogP contribution in [0.4, 0.5) is 71.9 Å². The number of hydrogen-bond acceptors (Lipinski definition) is 15. The fourth-order valence-corrected chi connectivity index (χ4v) is 0. The molecule has 0 heterocycles. The molecule has 0 fully saturated rings. The molecule has 0 saturated carbocycles. The standard InChI is InChI=1S/15CH2O3.5Na.5H/c15*2-1(3)4;;;;;;;;;;/h15*(H2,2,3,4);;;;;;;;;;. The molecular weight excluding hydrogens is 1020 g/mol. The predicted octanol–water partition coefficient (Wildman–Crippen LogP) is 0.0935. The van der Waals surface area contributed by atoms with Gasteiger partial charge in [0.1, 0.15) is 0 Å². The molecule has 0 aromatic carbocycles. The van der Waals surface area contributed by atoms with Gasteiger partial charge >= 0.3 is 240 Å². The average molecular weight is 1050 g/mol. The molecule has 370 valence electrons. The quantitative estimate of drug-likeness (QED) is 0.143. The first-order chi connectivity index (χ1) is 26.0. The molecule has 50 heteroatoms. The van der Waals surface area contributed by atoms with Gasteiger partial charge in [-0.3, -0.25) is 0 Å². The summed E-state index contributed by atoms with van der Waals surface area (Å²) in [6.07, 6.45) is -27.5. The number of carbonyl (C=O) groups is 15. The van der Waals surface area contributed by atoms with E-state index in [1.54, 1.807) is 0 Å². The Labute approximate surface area is 460 Å². The number of carboxylic acid groups (broad SMARTS) is 30. The Morgan fingerprint density at radius 1 is 0.108 bits per heavy atom. The van der Waals surface area contributed by atoms with Gasteiger partial charge < -0.3 is 153 Å². The second-order valence-corrected chi connectivity index (χ2v) is 4.24. The molecule has 0 aliphatic heterocycles. The zero-order valence-corrected chi connectivity index (χ0v) is 27.0. The van der Waals surface area contributed by atoms with Crippen molar-refractivity contribution in [1.29, 1.82) is 0 Å². The third-order valence-corrected chi connectivity index (χ3v) is 0. The number of rotatable bonds is 0. The van der Waals surface area contributed by atoms with Crippen LogP contribution < -0.4 is 0 Å². The van der Waals surface area contributed by atoms with Crippen LogP contribution in [0.3, 0.4) is 0 Å². The van der Waals surface area contributed by atoms with Crippen LogP contribution in [0.15, 0.2) is 0 Å². The van der Waals surface area contributed by atoms with Gasteiger partial charge in [-0.05, 0) is 0 Å². The second-order valence-electron chi connectivity index (χ2n) is 4.24. The van der Waals surface area contributed by atoms with Gasteiger partial charge in [0.15, 0.2) is 0 Å². The molecule has 0 atom stereocenters. The summed E-state index contributed by atoms with van der Waals surface area (Å²) >= 11 is 0. The van der Waals surface area contributed by atoms with E-state index in [0.29, 0.717) is 0 Å². The Bertz CT molecular complexity index is 771. The Hall–Kier alpha value is -5.95. The van der Waals surface area contributed by atoms with Crippen LogP contribution >= 0.6 is 0 Å². The van der Waals surface area contributed by atoms with E-state index in [-0.39, 0.29) is 148 Å². The first-order valence-electron chi connectivity index (χ1n) is 9.77. The van der Waals surface area contributed by atoms with Crippen LogP contribution in [-0.2, 0) is 0 Å². The molecule has 0 spiro atoms. The molecule has 0 rings (SSSR count). The maximum atomic E-state index is 8.56. The Kier molecular flexibility index (Phi) is 249. The van der Waals surface area contributed by atoms with Crippen LogP contribution in [-0.4, -0.2) is 393 Å². The normalized spacial score (nSPS) is 5.54. The van der Waals surface area contributed by atoms with Crippen molar-refractivity contribution < 1.29 is 225 Å². The maximum absolute atomic E-state index is 8.56. The van der Waals surface area contributed by atoms with E-state index in [1.807, 2.05) is 0 Å². The summed E-state index contributed by atoms with van der Waals surface area (Å²) in [6.45, 7) is 0. The molecule has 0 amide bonds. The Morgan fingerprint density at radius 2 is 0.108 bits per heavy atom. The summed E-state index contributed by atoms with van der Waals surface area (Å²) in [5.74, 6) is 0. The van der Waals surface area contributed by atoms with Crippen molar-refractivity contribution in [3.63, 3.8) is 0 Å². The van der Waals surface area contributed by atoms with Gasteiger partial charge in [-0.1, -0.05) is 0 Å². The summed E-state index contributed by atoms with van der Waals surface area (Å²) in [5.41, 5.74) is 0. The third kappa shape index (κ3) is 5150. The Morgan fingerprint density at radius 3 is 0.108 bits per heavy atom. The van der Waals surface area contributed by atoms with Crippen LogP contribution in [0.5, 0.6) is 0 Å². The minimum absolute atomic E-state index is 0. The van der Waals surface area contributed by atoms with Crippen molar-refractivity contribution in [2.24, 2.45) is 0 Å². The molecule has 65 heavy (non-hydrogen) atoms. The van der Waals surface area contributed by atoms with Gasteiger partial charge in [0.05, 0.1) is 0 Å². The zero-order chi connectivity index (χ0) is 53.7. The number of hydrogen-bond donors (Lipinski definition) is 30. The monoisotopic (exact) mass is 1050 g/mol. The van der Waals surface area contributed by atoms with Crippen LogP contribution in [0.1, 0.15) is 0 Å². The van der Waals surface area contributed by atoms with Crippen molar-refractivity contribution in [2.45, 2.75) is 0 Å². The van der Waals surface area contributed by atoms with Gasteiger partial charge in [-0.25, -0.2) is 71.9 Å². The zero-order valence-electron chi connectivity index (χ0n) is 27.0. The average Bonchev–Trinajstić information content (AvgIpc) is 2.78. The van der Waals surface area contributed by atoms with Gasteiger partial charge in [-0.15, -0.1) is 0 Å². The summed E-state index contributed by atoms with van der Waals surface area (Å²) in [7, 11) is 0. The van der Waals surface area contributed by atoms with Crippen molar-refractivity contribution in [2.75, 3.05) is 0 Å². The molecular formula is C15H35Na5O45. The van der Waals surface area contributed by atoms with E-state index >= 15 is 0 Å². The van der Waals surface area contributed by atoms with Crippen molar-refractivity contribution in [3.05, 3.63) is 0 Å². The summed E-state index contributed by atoms with van der Waals surface area (Å²) < 4.78 is 0. The van der Waals surface area contributed by atoms with E-state index in [4.69, 9.17) is 225 Å². The van der Waals surface area contributed by atoms with Crippen LogP contribution in [0, 0.1) is 0 Å². The predicted molar refractivity (Wildman–Crippen MR) is 196 cm³/mol. The molecule has 0 unspecified atom stereocenters. The molecule has 30 N–H and O–H groups in total. The fraction of sp³-hybridized carbons (Fsp3) is 0. The first-order valence-corrected chi connectivity index (χ1v) is 9.77. The van der Waals surface area contributed by atoms with Crippen LogP contribution in [0.2, 0.25) is 0 Å². The Balaban J connectivity index is -0.0000000184. The van der Waals surface area contributed by atoms with Crippen molar-refractivity contribution in [3.8, 4) is 0 Å². The van der Waals surface area contributed by atoms with Crippen molar-refractivity contribution >= 4 is 240 Å². The van der Waals surface area contributed by atoms with Gasteiger partial charge in [0.25, 0.3) is 0 Å². The molecule has 0 radical (unpaired) electrons. The topological polar surface area (TPSA) is 863 Å². The van der Waals surface area contributed by atoms with Crippen LogP contribution in [0.25, 0.3) is 0 Å². The van der Waals surface area contributed by atoms with E-state index in [9.17, 15) is 0 Å².